The predicted octanol–water partition coefficient (Wildman–Crippen LogP) is 2.12. The van der Waals surface area contributed by atoms with E-state index >= 15 is 0 Å². The molecule has 2 nitrogen and oxygen atoms in total. The summed E-state index contributed by atoms with van der Waals surface area (Å²) in [6.07, 6.45) is 2.32. The average molecular weight is 174 g/mol. The van der Waals surface area contributed by atoms with Crippen LogP contribution in [-0.2, 0) is 0 Å². The molecule has 2 heteroatoms. The van der Waals surface area contributed by atoms with Gasteiger partial charge in [-0.1, -0.05) is 30.3 Å². The van der Waals surface area contributed by atoms with E-state index < -0.39 is 0 Å². The zero-order valence-corrected chi connectivity index (χ0v) is 7.90. The van der Waals surface area contributed by atoms with E-state index in [1.807, 2.05) is 18.1 Å². The molecule has 0 spiro atoms. The Morgan fingerprint density at radius 2 is 2.00 bits per heavy atom. The summed E-state index contributed by atoms with van der Waals surface area (Å²) in [4.78, 5) is 0. The van der Waals surface area contributed by atoms with Gasteiger partial charge in [0.2, 0.25) is 0 Å². The zero-order valence-electron chi connectivity index (χ0n) is 7.90. The summed E-state index contributed by atoms with van der Waals surface area (Å²) in [6, 6.07) is 10.4. The maximum Gasteiger partial charge on any atom is 0.0678 e. The molecule has 0 amide bonds. The van der Waals surface area contributed by atoms with Crippen LogP contribution >= 0.6 is 0 Å². The number of nitrogens with zero attached hydrogens (tertiary/aromatic N) is 2. The van der Waals surface area contributed by atoms with Gasteiger partial charge in [0, 0.05) is 13.6 Å². The van der Waals surface area contributed by atoms with E-state index in [-0.39, 0.29) is 0 Å². The fraction of sp³-hybridized carbons (Fsp3) is 0.364. The molecule has 0 N–H and O–H groups in total. The third kappa shape index (κ3) is 1.89. The minimum atomic E-state index is 1.08. The van der Waals surface area contributed by atoms with E-state index in [1.165, 1.54) is 17.7 Å². The van der Waals surface area contributed by atoms with Crippen molar-refractivity contribution >= 4 is 5.71 Å². The molecule has 1 heterocycles. The van der Waals surface area contributed by atoms with Crippen LogP contribution in [0.1, 0.15) is 18.4 Å². The molecule has 0 aliphatic carbocycles. The van der Waals surface area contributed by atoms with E-state index in [4.69, 9.17) is 0 Å². The minimum absolute atomic E-state index is 1.08. The normalized spacial score (nSPS) is 17.0. The Labute approximate surface area is 78.9 Å². The van der Waals surface area contributed by atoms with Crippen molar-refractivity contribution in [1.82, 2.24) is 5.01 Å². The summed E-state index contributed by atoms with van der Waals surface area (Å²) < 4.78 is 0. The van der Waals surface area contributed by atoms with Crippen molar-refractivity contribution in [2.75, 3.05) is 13.6 Å². The Balaban J connectivity index is 2.26. The van der Waals surface area contributed by atoms with Crippen LogP contribution in [0.25, 0.3) is 0 Å². The Morgan fingerprint density at radius 1 is 1.23 bits per heavy atom. The van der Waals surface area contributed by atoms with Crippen LogP contribution in [0.2, 0.25) is 0 Å². The third-order valence-electron chi connectivity index (χ3n) is 2.29. The van der Waals surface area contributed by atoms with Gasteiger partial charge in [-0.2, -0.15) is 5.10 Å². The van der Waals surface area contributed by atoms with Crippen LogP contribution in [0.5, 0.6) is 0 Å². The fourth-order valence-electron chi connectivity index (χ4n) is 1.61. The van der Waals surface area contributed by atoms with E-state index in [2.05, 4.69) is 29.4 Å². The monoisotopic (exact) mass is 174 g/mol. The molecule has 0 saturated carbocycles. The number of hydrazone groups is 1. The number of rotatable bonds is 1. The molecule has 0 bridgehead atoms. The lowest BCUT2D eigenvalue weighted by atomic mass is 10.1. The van der Waals surface area contributed by atoms with Crippen molar-refractivity contribution in [3.05, 3.63) is 35.9 Å². The summed E-state index contributed by atoms with van der Waals surface area (Å²) in [7, 11) is 2.03. The van der Waals surface area contributed by atoms with Gasteiger partial charge in [0.25, 0.3) is 0 Å². The Hall–Kier alpha value is -1.31. The van der Waals surface area contributed by atoms with Crippen LogP contribution in [0, 0.1) is 0 Å². The van der Waals surface area contributed by atoms with Gasteiger partial charge in [-0.25, -0.2) is 0 Å². The van der Waals surface area contributed by atoms with Crippen molar-refractivity contribution in [3.63, 3.8) is 0 Å². The SMILES string of the molecule is CN1CCCC(c2ccccc2)=N1. The molecule has 68 valence electrons. The molecule has 0 atom stereocenters. The number of hydrogen-bond donors (Lipinski definition) is 0. The average Bonchev–Trinajstić information content (AvgIpc) is 2.19. The molecule has 1 aromatic rings. The topological polar surface area (TPSA) is 15.6 Å². The largest absolute Gasteiger partial charge is 0.300 e. The van der Waals surface area contributed by atoms with E-state index in [0.717, 1.165) is 13.0 Å². The smallest absolute Gasteiger partial charge is 0.0678 e. The molecule has 1 aliphatic heterocycles. The molecular weight excluding hydrogens is 160 g/mol. The highest BCUT2D eigenvalue weighted by atomic mass is 15.4. The van der Waals surface area contributed by atoms with Gasteiger partial charge in [0.05, 0.1) is 5.71 Å². The summed E-state index contributed by atoms with van der Waals surface area (Å²) in [5, 5.41) is 6.52. The molecule has 0 aromatic heterocycles. The van der Waals surface area contributed by atoms with Crippen molar-refractivity contribution in [3.8, 4) is 0 Å². The lowest BCUT2D eigenvalue weighted by Crippen LogP contribution is -2.22. The first-order valence-corrected chi connectivity index (χ1v) is 4.70. The second kappa shape index (κ2) is 3.60. The summed E-state index contributed by atoms with van der Waals surface area (Å²) in [5.74, 6) is 0. The molecule has 0 fully saturated rings. The lowest BCUT2D eigenvalue weighted by Gasteiger charge is -2.21. The van der Waals surface area contributed by atoms with Gasteiger partial charge >= 0.3 is 0 Å². The van der Waals surface area contributed by atoms with Gasteiger partial charge in [-0.3, -0.25) is 5.01 Å². The number of hydrogen-bond acceptors (Lipinski definition) is 2. The summed E-state index contributed by atoms with van der Waals surface area (Å²) in [6.45, 7) is 1.08. The van der Waals surface area contributed by atoms with Crippen molar-refractivity contribution < 1.29 is 0 Å². The first-order chi connectivity index (χ1) is 6.36. The highest BCUT2D eigenvalue weighted by molar-refractivity contribution is 6.00. The Morgan fingerprint density at radius 3 is 2.69 bits per heavy atom. The summed E-state index contributed by atoms with van der Waals surface area (Å²) >= 11 is 0. The van der Waals surface area contributed by atoms with Crippen molar-refractivity contribution in [2.45, 2.75) is 12.8 Å². The van der Waals surface area contributed by atoms with Gasteiger partial charge in [0.15, 0.2) is 0 Å². The molecular formula is C11H14N2. The van der Waals surface area contributed by atoms with Gasteiger partial charge < -0.3 is 0 Å². The van der Waals surface area contributed by atoms with Gasteiger partial charge in [0.1, 0.15) is 0 Å². The maximum atomic E-state index is 4.50. The fourth-order valence-corrected chi connectivity index (χ4v) is 1.61. The molecule has 0 saturated heterocycles. The van der Waals surface area contributed by atoms with E-state index in [1.54, 1.807) is 0 Å². The van der Waals surface area contributed by atoms with Crippen LogP contribution < -0.4 is 0 Å². The van der Waals surface area contributed by atoms with E-state index in [9.17, 15) is 0 Å². The molecule has 13 heavy (non-hydrogen) atoms. The molecule has 0 radical (unpaired) electrons. The number of benzene rings is 1. The quantitative estimate of drug-likeness (QED) is 0.636. The zero-order chi connectivity index (χ0) is 9.10. The maximum absolute atomic E-state index is 4.50. The Kier molecular flexibility index (Phi) is 2.30. The molecule has 0 unspecified atom stereocenters. The highest BCUT2D eigenvalue weighted by Crippen LogP contribution is 2.12. The van der Waals surface area contributed by atoms with E-state index in [0.29, 0.717) is 0 Å². The predicted molar refractivity (Wildman–Crippen MR) is 54.8 cm³/mol. The highest BCUT2D eigenvalue weighted by Gasteiger charge is 2.09. The van der Waals surface area contributed by atoms with Crippen LogP contribution in [0.3, 0.4) is 0 Å². The van der Waals surface area contributed by atoms with Crippen LogP contribution in [-0.4, -0.2) is 24.3 Å². The third-order valence-corrected chi connectivity index (χ3v) is 2.29. The molecule has 2 rings (SSSR count). The minimum Gasteiger partial charge on any atom is -0.300 e. The first-order valence-electron chi connectivity index (χ1n) is 4.70. The summed E-state index contributed by atoms with van der Waals surface area (Å²) in [5.41, 5.74) is 2.48. The molecule has 1 aromatic carbocycles. The lowest BCUT2D eigenvalue weighted by molar-refractivity contribution is 0.335. The Bertz CT molecular complexity index is 303. The molecule has 1 aliphatic rings. The van der Waals surface area contributed by atoms with Crippen LogP contribution in [0.4, 0.5) is 0 Å². The standard InChI is InChI=1S/C11H14N2/c1-13-9-5-8-11(12-13)10-6-3-2-4-7-10/h2-4,6-7H,5,8-9H2,1H3. The second-order valence-electron chi connectivity index (χ2n) is 3.40. The second-order valence-corrected chi connectivity index (χ2v) is 3.40. The van der Waals surface area contributed by atoms with Gasteiger partial charge in [-0.05, 0) is 18.4 Å². The van der Waals surface area contributed by atoms with Gasteiger partial charge in [-0.15, -0.1) is 0 Å². The van der Waals surface area contributed by atoms with Crippen LogP contribution in [0.15, 0.2) is 35.4 Å². The van der Waals surface area contributed by atoms with Crippen molar-refractivity contribution in [1.29, 1.82) is 0 Å². The van der Waals surface area contributed by atoms with Crippen molar-refractivity contribution in [2.24, 2.45) is 5.10 Å². The first kappa shape index (κ1) is 8.30.